The second-order valence-corrected chi connectivity index (χ2v) is 4.59. The summed E-state index contributed by atoms with van der Waals surface area (Å²) < 4.78 is 40.7. The van der Waals surface area contributed by atoms with Crippen LogP contribution in [-0.2, 0) is 0 Å². The molecule has 0 saturated heterocycles. The Kier molecular flexibility index (Phi) is 3.90. The van der Waals surface area contributed by atoms with Crippen LogP contribution in [0, 0.1) is 17.5 Å². The summed E-state index contributed by atoms with van der Waals surface area (Å²) in [6, 6.07) is 6.97. The van der Waals surface area contributed by atoms with E-state index in [1.165, 1.54) is 12.1 Å². The first-order valence-electron chi connectivity index (χ1n) is 5.19. The second kappa shape index (κ2) is 5.44. The molecule has 0 aliphatic carbocycles. The molecule has 0 fully saturated rings. The van der Waals surface area contributed by atoms with Crippen molar-refractivity contribution in [1.29, 1.82) is 0 Å². The maximum Gasteiger partial charge on any atom is 0.261 e. The summed E-state index contributed by atoms with van der Waals surface area (Å²) >= 11 is 3.06. The number of hydrogen-bond acceptors (Lipinski definition) is 1. The normalized spacial score (nSPS) is 10.3. The molecular formula is C13H7BrF3NO. The number of rotatable bonds is 2. The third-order valence-corrected chi connectivity index (χ3v) is 2.86. The molecule has 1 amide bonds. The summed E-state index contributed by atoms with van der Waals surface area (Å²) in [5.41, 5.74) is -0.902. The van der Waals surface area contributed by atoms with Crippen LogP contribution in [0.5, 0.6) is 0 Å². The average Bonchev–Trinajstić information content (AvgIpc) is 2.32. The van der Waals surface area contributed by atoms with Crippen molar-refractivity contribution in [1.82, 2.24) is 0 Å². The van der Waals surface area contributed by atoms with Gasteiger partial charge in [0.15, 0.2) is 0 Å². The Morgan fingerprint density at radius 3 is 2.21 bits per heavy atom. The number of hydrogen-bond donors (Lipinski definition) is 1. The van der Waals surface area contributed by atoms with Gasteiger partial charge in [-0.15, -0.1) is 0 Å². The minimum absolute atomic E-state index is 0.157. The molecule has 0 spiro atoms. The van der Waals surface area contributed by atoms with Crippen LogP contribution in [0.25, 0.3) is 0 Å². The van der Waals surface area contributed by atoms with Crippen molar-refractivity contribution in [2.24, 2.45) is 0 Å². The van der Waals surface area contributed by atoms with E-state index in [1.54, 1.807) is 0 Å². The number of anilines is 1. The van der Waals surface area contributed by atoms with Gasteiger partial charge in [-0.1, -0.05) is 22.0 Å². The standard InChI is InChI=1S/C13H7BrF3NO/c14-7-4-5-11(10(17)6-7)18-13(19)12-8(15)2-1-3-9(12)16/h1-6H,(H,18,19). The van der Waals surface area contributed by atoms with E-state index >= 15 is 0 Å². The van der Waals surface area contributed by atoms with E-state index in [-0.39, 0.29) is 5.69 Å². The SMILES string of the molecule is O=C(Nc1ccc(Br)cc1F)c1c(F)cccc1F. The van der Waals surface area contributed by atoms with Crippen LogP contribution in [0.3, 0.4) is 0 Å². The highest BCUT2D eigenvalue weighted by molar-refractivity contribution is 9.10. The minimum atomic E-state index is -1.04. The van der Waals surface area contributed by atoms with Crippen LogP contribution in [-0.4, -0.2) is 5.91 Å². The summed E-state index contributed by atoms with van der Waals surface area (Å²) in [5, 5.41) is 2.12. The molecule has 0 unspecified atom stereocenters. The van der Waals surface area contributed by atoms with Crippen molar-refractivity contribution < 1.29 is 18.0 Å². The van der Waals surface area contributed by atoms with E-state index < -0.39 is 28.9 Å². The highest BCUT2D eigenvalue weighted by Crippen LogP contribution is 2.21. The highest BCUT2D eigenvalue weighted by atomic mass is 79.9. The molecule has 2 nitrogen and oxygen atoms in total. The van der Waals surface area contributed by atoms with Crippen molar-refractivity contribution in [3.8, 4) is 0 Å². The minimum Gasteiger partial charge on any atom is -0.319 e. The first-order chi connectivity index (χ1) is 8.99. The number of benzene rings is 2. The van der Waals surface area contributed by atoms with Gasteiger partial charge in [0.2, 0.25) is 0 Å². The Bertz CT molecular complexity index is 626. The monoisotopic (exact) mass is 329 g/mol. The van der Waals surface area contributed by atoms with E-state index in [0.717, 1.165) is 24.3 Å². The Hall–Kier alpha value is -1.82. The van der Waals surface area contributed by atoms with E-state index in [1.807, 2.05) is 0 Å². The van der Waals surface area contributed by atoms with E-state index in [2.05, 4.69) is 21.2 Å². The topological polar surface area (TPSA) is 29.1 Å². The van der Waals surface area contributed by atoms with Gasteiger partial charge in [0.25, 0.3) is 5.91 Å². The first-order valence-corrected chi connectivity index (χ1v) is 5.99. The predicted octanol–water partition coefficient (Wildman–Crippen LogP) is 4.12. The zero-order chi connectivity index (χ0) is 14.0. The largest absolute Gasteiger partial charge is 0.319 e. The summed E-state index contributed by atoms with van der Waals surface area (Å²) in [6.07, 6.45) is 0. The molecule has 2 aromatic carbocycles. The fourth-order valence-electron chi connectivity index (χ4n) is 1.49. The summed E-state index contributed by atoms with van der Waals surface area (Å²) in [4.78, 5) is 11.7. The molecule has 0 aliphatic rings. The van der Waals surface area contributed by atoms with Crippen molar-refractivity contribution in [3.05, 3.63) is 63.9 Å². The molecule has 2 rings (SSSR count). The van der Waals surface area contributed by atoms with E-state index in [9.17, 15) is 18.0 Å². The van der Waals surface area contributed by atoms with Crippen molar-refractivity contribution in [2.75, 3.05) is 5.32 Å². The fourth-order valence-corrected chi connectivity index (χ4v) is 1.82. The van der Waals surface area contributed by atoms with Gasteiger partial charge in [-0.05, 0) is 30.3 Å². The second-order valence-electron chi connectivity index (χ2n) is 3.67. The lowest BCUT2D eigenvalue weighted by atomic mass is 10.1. The molecule has 0 aliphatic heterocycles. The van der Waals surface area contributed by atoms with Crippen LogP contribution in [0.2, 0.25) is 0 Å². The van der Waals surface area contributed by atoms with Gasteiger partial charge in [0.1, 0.15) is 23.0 Å². The first kappa shape index (κ1) is 13.6. The van der Waals surface area contributed by atoms with Gasteiger partial charge in [0, 0.05) is 4.47 Å². The Morgan fingerprint density at radius 1 is 1.00 bits per heavy atom. The molecule has 2 aromatic rings. The van der Waals surface area contributed by atoms with Crippen LogP contribution in [0.4, 0.5) is 18.9 Å². The van der Waals surface area contributed by atoms with Crippen LogP contribution >= 0.6 is 15.9 Å². The zero-order valence-electron chi connectivity index (χ0n) is 9.38. The molecule has 0 bridgehead atoms. The number of halogens is 4. The van der Waals surface area contributed by atoms with Gasteiger partial charge in [-0.3, -0.25) is 4.79 Å². The van der Waals surface area contributed by atoms with Crippen molar-refractivity contribution in [2.45, 2.75) is 0 Å². The summed E-state index contributed by atoms with van der Waals surface area (Å²) in [6.45, 7) is 0. The third kappa shape index (κ3) is 2.96. The predicted molar refractivity (Wildman–Crippen MR) is 68.4 cm³/mol. The van der Waals surface area contributed by atoms with Crippen LogP contribution < -0.4 is 5.32 Å². The maximum absolute atomic E-state index is 13.5. The Morgan fingerprint density at radius 2 is 1.63 bits per heavy atom. The average molecular weight is 330 g/mol. The summed E-state index contributed by atoms with van der Waals surface area (Å²) in [5.74, 6) is -3.76. The smallest absolute Gasteiger partial charge is 0.261 e. The van der Waals surface area contributed by atoms with Gasteiger partial charge < -0.3 is 5.32 Å². The molecule has 19 heavy (non-hydrogen) atoms. The quantitative estimate of drug-likeness (QED) is 0.882. The zero-order valence-corrected chi connectivity index (χ0v) is 11.0. The molecule has 0 saturated carbocycles. The number of amides is 1. The number of carbonyl (C=O) groups excluding carboxylic acids is 1. The van der Waals surface area contributed by atoms with Crippen LogP contribution in [0.15, 0.2) is 40.9 Å². The van der Waals surface area contributed by atoms with Crippen molar-refractivity contribution in [3.63, 3.8) is 0 Å². The maximum atomic E-state index is 13.5. The molecule has 1 N–H and O–H groups in total. The van der Waals surface area contributed by atoms with Crippen LogP contribution in [0.1, 0.15) is 10.4 Å². The lowest BCUT2D eigenvalue weighted by Crippen LogP contribution is -2.16. The lowest BCUT2D eigenvalue weighted by Gasteiger charge is -2.08. The lowest BCUT2D eigenvalue weighted by molar-refractivity contribution is 0.101. The number of carbonyl (C=O) groups is 1. The van der Waals surface area contributed by atoms with Gasteiger partial charge >= 0.3 is 0 Å². The molecule has 0 radical (unpaired) electrons. The number of nitrogens with one attached hydrogen (secondary N) is 1. The highest BCUT2D eigenvalue weighted by Gasteiger charge is 2.18. The molecule has 0 aromatic heterocycles. The molecule has 0 atom stereocenters. The molecule has 98 valence electrons. The van der Waals surface area contributed by atoms with E-state index in [4.69, 9.17) is 0 Å². The Balaban J connectivity index is 2.31. The van der Waals surface area contributed by atoms with Crippen molar-refractivity contribution >= 4 is 27.5 Å². The molecule has 6 heteroatoms. The molecule has 0 heterocycles. The fraction of sp³-hybridized carbons (Fsp3) is 0. The summed E-state index contributed by atoms with van der Waals surface area (Å²) in [7, 11) is 0. The Labute approximate surface area is 115 Å². The van der Waals surface area contributed by atoms with Gasteiger partial charge in [0.05, 0.1) is 5.69 Å². The van der Waals surface area contributed by atoms with Gasteiger partial charge in [-0.25, -0.2) is 13.2 Å². The van der Waals surface area contributed by atoms with Gasteiger partial charge in [-0.2, -0.15) is 0 Å². The molecular weight excluding hydrogens is 323 g/mol. The van der Waals surface area contributed by atoms with E-state index in [0.29, 0.717) is 4.47 Å². The third-order valence-electron chi connectivity index (χ3n) is 2.37.